The van der Waals surface area contributed by atoms with Gasteiger partial charge in [0.2, 0.25) is 0 Å². The van der Waals surface area contributed by atoms with Gasteiger partial charge in [-0.3, -0.25) is 4.79 Å². The average Bonchev–Trinajstić information content (AvgIpc) is 2.44. The van der Waals surface area contributed by atoms with Gasteiger partial charge >= 0.3 is 0 Å². The van der Waals surface area contributed by atoms with Crippen molar-refractivity contribution >= 4 is 23.5 Å². The highest BCUT2D eigenvalue weighted by Crippen LogP contribution is 2.28. The van der Waals surface area contributed by atoms with Gasteiger partial charge in [-0.15, -0.1) is 0 Å². The average molecular weight is 271 g/mol. The molecule has 0 spiro atoms. The Kier molecular flexibility index (Phi) is 3.10. The highest BCUT2D eigenvalue weighted by molar-refractivity contribution is 6.32. The molecule has 2 nitrogen and oxygen atoms in total. The summed E-state index contributed by atoms with van der Waals surface area (Å²) in [5, 5.41) is 0.627. The van der Waals surface area contributed by atoms with Gasteiger partial charge in [0, 0.05) is 10.6 Å². The van der Waals surface area contributed by atoms with Crippen molar-refractivity contribution in [2.24, 2.45) is 0 Å². The van der Waals surface area contributed by atoms with Crippen molar-refractivity contribution in [3.8, 4) is 5.75 Å². The van der Waals surface area contributed by atoms with Crippen molar-refractivity contribution in [1.82, 2.24) is 0 Å². The SMILES string of the molecule is O=C1/C(=C/c2ccccc2Cl)COc2ccccc21. The van der Waals surface area contributed by atoms with Gasteiger partial charge in [0.25, 0.3) is 0 Å². The number of ether oxygens (including phenoxy) is 1. The third-order valence-corrected chi connectivity index (χ3v) is 3.39. The maximum atomic E-state index is 12.3. The van der Waals surface area contributed by atoms with Gasteiger partial charge in [0.1, 0.15) is 12.4 Å². The van der Waals surface area contributed by atoms with E-state index in [2.05, 4.69) is 0 Å². The second-order valence-electron chi connectivity index (χ2n) is 4.31. The van der Waals surface area contributed by atoms with Crippen LogP contribution in [0.15, 0.2) is 54.1 Å². The molecule has 1 aliphatic heterocycles. The minimum atomic E-state index is 0.00164. The number of hydrogen-bond acceptors (Lipinski definition) is 2. The summed E-state index contributed by atoms with van der Waals surface area (Å²) in [7, 11) is 0. The van der Waals surface area contributed by atoms with Crippen LogP contribution in [-0.2, 0) is 0 Å². The lowest BCUT2D eigenvalue weighted by Crippen LogP contribution is -2.18. The number of para-hydroxylation sites is 1. The summed E-state index contributed by atoms with van der Waals surface area (Å²) in [5.41, 5.74) is 2.05. The van der Waals surface area contributed by atoms with E-state index in [-0.39, 0.29) is 12.4 Å². The van der Waals surface area contributed by atoms with Crippen LogP contribution < -0.4 is 4.74 Å². The Balaban J connectivity index is 2.01. The lowest BCUT2D eigenvalue weighted by atomic mass is 9.98. The molecule has 0 N–H and O–H groups in total. The number of ketones is 1. The number of carbonyl (C=O) groups excluding carboxylic acids is 1. The topological polar surface area (TPSA) is 26.3 Å². The van der Waals surface area contributed by atoms with E-state index >= 15 is 0 Å². The lowest BCUT2D eigenvalue weighted by molar-refractivity contribution is 0.100. The Morgan fingerprint density at radius 2 is 1.79 bits per heavy atom. The third-order valence-electron chi connectivity index (χ3n) is 3.04. The van der Waals surface area contributed by atoms with Crippen LogP contribution in [0, 0.1) is 0 Å². The van der Waals surface area contributed by atoms with E-state index in [1.165, 1.54) is 0 Å². The summed E-state index contributed by atoms with van der Waals surface area (Å²) in [4.78, 5) is 12.3. The molecule has 3 heteroatoms. The Morgan fingerprint density at radius 3 is 2.63 bits per heavy atom. The van der Waals surface area contributed by atoms with Crippen molar-refractivity contribution in [2.75, 3.05) is 6.61 Å². The maximum Gasteiger partial charge on any atom is 0.196 e. The van der Waals surface area contributed by atoms with Crippen LogP contribution in [0.3, 0.4) is 0 Å². The molecule has 94 valence electrons. The van der Waals surface area contributed by atoms with E-state index in [1.54, 1.807) is 24.3 Å². The predicted molar refractivity (Wildman–Crippen MR) is 75.7 cm³/mol. The molecule has 0 aliphatic carbocycles. The summed E-state index contributed by atoms with van der Waals surface area (Å²) in [5.74, 6) is 0.644. The van der Waals surface area contributed by atoms with Crippen LogP contribution in [-0.4, -0.2) is 12.4 Å². The van der Waals surface area contributed by atoms with Gasteiger partial charge in [-0.25, -0.2) is 0 Å². The summed E-state index contributed by atoms with van der Waals surface area (Å²) < 4.78 is 5.59. The number of Topliss-reactive ketones (excluding diaryl/α,β-unsaturated/α-hetero) is 1. The molecule has 0 atom stereocenters. The highest BCUT2D eigenvalue weighted by Gasteiger charge is 2.22. The van der Waals surface area contributed by atoms with Gasteiger partial charge in [0.05, 0.1) is 5.56 Å². The van der Waals surface area contributed by atoms with E-state index in [1.807, 2.05) is 30.3 Å². The normalized spacial score (nSPS) is 16.1. The van der Waals surface area contributed by atoms with Crippen LogP contribution in [0.4, 0.5) is 0 Å². The zero-order valence-electron chi connectivity index (χ0n) is 10.1. The number of carbonyl (C=O) groups is 1. The van der Waals surface area contributed by atoms with Crippen LogP contribution in [0.1, 0.15) is 15.9 Å². The fourth-order valence-corrected chi connectivity index (χ4v) is 2.25. The van der Waals surface area contributed by atoms with E-state index in [9.17, 15) is 4.79 Å². The molecule has 0 amide bonds. The van der Waals surface area contributed by atoms with Gasteiger partial charge in [-0.2, -0.15) is 0 Å². The van der Waals surface area contributed by atoms with E-state index < -0.39 is 0 Å². The molecule has 0 saturated carbocycles. The Morgan fingerprint density at radius 1 is 1.05 bits per heavy atom. The summed E-state index contributed by atoms with van der Waals surface area (Å²) in [6.07, 6.45) is 1.79. The molecule has 3 rings (SSSR count). The molecule has 2 aromatic carbocycles. The molecule has 0 saturated heterocycles. The smallest absolute Gasteiger partial charge is 0.196 e. The molecule has 0 fully saturated rings. The predicted octanol–water partition coefficient (Wildman–Crippen LogP) is 4.00. The van der Waals surface area contributed by atoms with Crippen LogP contribution >= 0.6 is 11.6 Å². The van der Waals surface area contributed by atoms with Crippen LogP contribution in [0.2, 0.25) is 5.02 Å². The fourth-order valence-electron chi connectivity index (χ4n) is 2.06. The van der Waals surface area contributed by atoms with Gasteiger partial charge in [0.15, 0.2) is 5.78 Å². The molecular formula is C16H11ClO2. The van der Waals surface area contributed by atoms with Crippen LogP contribution in [0.25, 0.3) is 6.08 Å². The second kappa shape index (κ2) is 4.90. The van der Waals surface area contributed by atoms with Crippen molar-refractivity contribution in [2.45, 2.75) is 0 Å². The second-order valence-corrected chi connectivity index (χ2v) is 4.71. The summed E-state index contributed by atoms with van der Waals surface area (Å²) in [6.45, 7) is 0.279. The Bertz CT molecular complexity index is 674. The van der Waals surface area contributed by atoms with Crippen molar-refractivity contribution in [3.05, 3.63) is 70.3 Å². The third kappa shape index (κ3) is 2.27. The first-order valence-corrected chi connectivity index (χ1v) is 6.35. The van der Waals surface area contributed by atoms with Crippen molar-refractivity contribution in [1.29, 1.82) is 0 Å². The summed E-state index contributed by atoms with van der Waals surface area (Å²) in [6, 6.07) is 14.7. The molecule has 0 unspecified atom stereocenters. The van der Waals surface area contributed by atoms with E-state index in [0.29, 0.717) is 21.9 Å². The fraction of sp³-hybridized carbons (Fsp3) is 0.0625. The first-order chi connectivity index (χ1) is 9.25. The summed E-state index contributed by atoms with van der Waals surface area (Å²) >= 11 is 6.09. The van der Waals surface area contributed by atoms with Gasteiger partial charge < -0.3 is 4.74 Å². The number of fused-ring (bicyclic) bond motifs is 1. The standard InChI is InChI=1S/C16H11ClO2/c17-14-7-3-1-5-11(14)9-12-10-19-15-8-4-2-6-13(15)16(12)18/h1-9H,10H2/b12-9+. The lowest BCUT2D eigenvalue weighted by Gasteiger charge is -2.18. The van der Waals surface area contributed by atoms with E-state index in [0.717, 1.165) is 5.56 Å². The number of benzene rings is 2. The van der Waals surface area contributed by atoms with Gasteiger partial charge in [-0.05, 0) is 29.8 Å². The zero-order chi connectivity index (χ0) is 13.2. The van der Waals surface area contributed by atoms with Gasteiger partial charge in [-0.1, -0.05) is 41.9 Å². The Hall–Kier alpha value is -2.06. The van der Waals surface area contributed by atoms with Crippen molar-refractivity contribution < 1.29 is 9.53 Å². The first-order valence-electron chi connectivity index (χ1n) is 5.97. The highest BCUT2D eigenvalue weighted by atomic mass is 35.5. The number of rotatable bonds is 1. The number of hydrogen-bond donors (Lipinski definition) is 0. The first kappa shape index (κ1) is 12.0. The van der Waals surface area contributed by atoms with Crippen molar-refractivity contribution in [3.63, 3.8) is 0 Å². The van der Waals surface area contributed by atoms with E-state index in [4.69, 9.17) is 16.3 Å². The quantitative estimate of drug-likeness (QED) is 0.732. The largest absolute Gasteiger partial charge is 0.488 e. The molecule has 1 aliphatic rings. The molecule has 0 aromatic heterocycles. The molecular weight excluding hydrogens is 260 g/mol. The maximum absolute atomic E-state index is 12.3. The molecule has 2 aromatic rings. The van der Waals surface area contributed by atoms with Crippen LogP contribution in [0.5, 0.6) is 5.75 Å². The zero-order valence-corrected chi connectivity index (χ0v) is 10.9. The molecule has 0 bridgehead atoms. The number of halogens is 1. The molecule has 0 radical (unpaired) electrons. The Labute approximate surface area is 116 Å². The molecule has 1 heterocycles. The minimum absolute atomic E-state index is 0.00164. The monoisotopic (exact) mass is 270 g/mol. The minimum Gasteiger partial charge on any atom is -0.488 e. The molecule has 19 heavy (non-hydrogen) atoms.